The van der Waals surface area contributed by atoms with Crippen LogP contribution in [-0.4, -0.2) is 37.5 Å². The van der Waals surface area contributed by atoms with Crippen LogP contribution >= 0.6 is 12.6 Å². The molecule has 6 heteroatoms. The minimum absolute atomic E-state index is 0.154. The number of nitrogens with one attached hydrogen (secondary N) is 2. The molecule has 0 radical (unpaired) electrons. The van der Waals surface area contributed by atoms with Gasteiger partial charge in [-0.05, 0) is 52.6 Å². The van der Waals surface area contributed by atoms with Gasteiger partial charge in [0.05, 0.1) is 11.4 Å². The summed E-state index contributed by atoms with van der Waals surface area (Å²) in [5.41, 5.74) is 1.62. The highest BCUT2D eigenvalue weighted by Gasteiger charge is 2.15. The molecular weight excluding hydrogens is 296 g/mol. The number of nitrogens with zero attached hydrogens (tertiary/aromatic N) is 2. The molecule has 0 aromatic carbocycles. The van der Waals surface area contributed by atoms with Crippen molar-refractivity contribution < 1.29 is 4.79 Å². The van der Waals surface area contributed by atoms with Gasteiger partial charge in [-0.15, -0.1) is 12.6 Å². The zero-order valence-electron chi connectivity index (χ0n) is 13.6. The van der Waals surface area contributed by atoms with Gasteiger partial charge in [0.2, 0.25) is 0 Å². The summed E-state index contributed by atoms with van der Waals surface area (Å²) in [6.45, 7) is 11.9. The average molecular weight is 322 g/mol. The number of carbonyl (C=O) groups excluding carboxylic acids is 1. The maximum absolute atomic E-state index is 12.2. The zero-order chi connectivity index (χ0) is 16.5. The summed E-state index contributed by atoms with van der Waals surface area (Å²) in [6, 6.07) is 0. The van der Waals surface area contributed by atoms with Crippen molar-refractivity contribution in [2.75, 3.05) is 19.6 Å². The third-order valence-corrected chi connectivity index (χ3v) is 3.77. The van der Waals surface area contributed by atoms with Crippen LogP contribution in [0.3, 0.4) is 0 Å². The van der Waals surface area contributed by atoms with E-state index < -0.39 is 0 Å². The number of piperidine rings is 1. The second-order valence-electron chi connectivity index (χ2n) is 5.37. The molecule has 1 aliphatic heterocycles. The summed E-state index contributed by atoms with van der Waals surface area (Å²) < 4.78 is 0. The number of aliphatic imine (C=N–C) groups is 2. The maximum atomic E-state index is 12.2. The van der Waals surface area contributed by atoms with Crippen molar-refractivity contribution in [1.82, 2.24) is 10.6 Å². The first-order chi connectivity index (χ1) is 10.5. The predicted molar refractivity (Wildman–Crippen MR) is 96.7 cm³/mol. The molecule has 0 spiro atoms. The summed E-state index contributed by atoms with van der Waals surface area (Å²) in [5.74, 6) is 0.387. The fourth-order valence-electron chi connectivity index (χ4n) is 2.28. The molecule has 22 heavy (non-hydrogen) atoms. The summed E-state index contributed by atoms with van der Waals surface area (Å²) in [4.78, 5) is 21.2. The largest absolute Gasteiger partial charge is 0.351 e. The minimum atomic E-state index is -0.154. The molecule has 0 saturated carbocycles. The lowest BCUT2D eigenvalue weighted by atomic mass is 9.98. The van der Waals surface area contributed by atoms with E-state index in [1.807, 2.05) is 13.8 Å². The van der Waals surface area contributed by atoms with Gasteiger partial charge in [-0.1, -0.05) is 6.58 Å². The Labute approximate surface area is 138 Å². The normalized spacial score (nSPS) is 18.3. The predicted octanol–water partition coefficient (Wildman–Crippen LogP) is 2.33. The number of hydrogen-bond donors (Lipinski definition) is 3. The molecule has 1 heterocycles. The fraction of sp³-hybridized carbons (Fsp3) is 0.562. The molecule has 0 aromatic rings. The van der Waals surface area contributed by atoms with Crippen molar-refractivity contribution in [2.24, 2.45) is 15.9 Å². The Hall–Kier alpha value is -1.40. The maximum Gasteiger partial charge on any atom is 0.265 e. The van der Waals surface area contributed by atoms with Crippen LogP contribution in [0.2, 0.25) is 0 Å². The van der Waals surface area contributed by atoms with E-state index >= 15 is 0 Å². The van der Waals surface area contributed by atoms with Gasteiger partial charge < -0.3 is 10.6 Å². The van der Waals surface area contributed by atoms with Crippen LogP contribution in [0.5, 0.6) is 0 Å². The van der Waals surface area contributed by atoms with E-state index in [4.69, 9.17) is 0 Å². The molecule has 1 rings (SSSR count). The smallest absolute Gasteiger partial charge is 0.265 e. The molecule has 2 N–H and O–H groups in total. The lowest BCUT2D eigenvalue weighted by molar-refractivity contribution is -0.115. The van der Waals surface area contributed by atoms with E-state index in [0.29, 0.717) is 34.5 Å². The summed E-state index contributed by atoms with van der Waals surface area (Å²) in [5, 5.41) is 6.27. The standard InChI is InChI=1S/C16H26N4OS/c1-5-18-11(2)15(13(4)22)20-12(3)16(21)19-10-14-6-8-17-9-7-14/h5,14,17,22H,4,6-10H2,1-3H3,(H,19,21)/b15-11+,18-5-,20-12+. The van der Waals surface area contributed by atoms with Gasteiger partial charge in [0.1, 0.15) is 5.71 Å². The summed E-state index contributed by atoms with van der Waals surface area (Å²) >= 11 is 4.23. The third kappa shape index (κ3) is 6.15. The highest BCUT2D eigenvalue weighted by Crippen LogP contribution is 2.19. The van der Waals surface area contributed by atoms with Crippen molar-refractivity contribution in [1.29, 1.82) is 0 Å². The van der Waals surface area contributed by atoms with Crippen LogP contribution in [0.1, 0.15) is 33.6 Å². The van der Waals surface area contributed by atoms with Gasteiger partial charge >= 0.3 is 0 Å². The molecule has 1 fully saturated rings. The van der Waals surface area contributed by atoms with Crippen molar-refractivity contribution in [3.05, 3.63) is 22.9 Å². The number of carbonyl (C=O) groups is 1. The van der Waals surface area contributed by atoms with Gasteiger partial charge in [0, 0.05) is 17.7 Å². The van der Waals surface area contributed by atoms with Gasteiger partial charge in [0.25, 0.3) is 5.91 Å². The van der Waals surface area contributed by atoms with Gasteiger partial charge in [-0.25, -0.2) is 4.99 Å². The van der Waals surface area contributed by atoms with Crippen LogP contribution in [0.4, 0.5) is 0 Å². The highest BCUT2D eigenvalue weighted by atomic mass is 32.1. The average Bonchev–Trinajstić information content (AvgIpc) is 2.50. The van der Waals surface area contributed by atoms with E-state index in [1.54, 1.807) is 13.1 Å². The first-order valence-electron chi connectivity index (χ1n) is 7.57. The molecule has 1 aliphatic rings. The molecule has 0 unspecified atom stereocenters. The minimum Gasteiger partial charge on any atom is -0.351 e. The molecular formula is C16H26N4OS. The quantitative estimate of drug-likeness (QED) is 0.399. The SMILES string of the molecule is C=C(S)C(/N=C(\C)C(=O)NCC1CCNCC1)=C(C)\N=C/C. The van der Waals surface area contributed by atoms with E-state index in [-0.39, 0.29) is 5.91 Å². The van der Waals surface area contributed by atoms with Gasteiger partial charge in [-0.3, -0.25) is 9.79 Å². The molecule has 1 amide bonds. The van der Waals surface area contributed by atoms with Crippen LogP contribution in [-0.2, 0) is 4.79 Å². The Morgan fingerprint density at radius 2 is 2.05 bits per heavy atom. The number of rotatable bonds is 6. The molecule has 122 valence electrons. The lowest BCUT2D eigenvalue weighted by Crippen LogP contribution is -2.38. The molecule has 0 bridgehead atoms. The van der Waals surface area contributed by atoms with E-state index in [1.165, 1.54) is 0 Å². The second kappa shape index (κ2) is 9.58. The van der Waals surface area contributed by atoms with Crippen LogP contribution < -0.4 is 10.6 Å². The number of thiol groups is 1. The Morgan fingerprint density at radius 3 is 2.59 bits per heavy atom. The lowest BCUT2D eigenvalue weighted by Gasteiger charge is -2.22. The van der Waals surface area contributed by atoms with Crippen molar-refractivity contribution in [2.45, 2.75) is 33.6 Å². The number of allylic oxidation sites excluding steroid dienone is 1. The number of hydrogen-bond acceptors (Lipinski definition) is 5. The highest BCUT2D eigenvalue weighted by molar-refractivity contribution is 7.84. The van der Waals surface area contributed by atoms with Gasteiger partial charge in [-0.2, -0.15) is 0 Å². The first kappa shape index (κ1) is 18.6. The third-order valence-electron chi connectivity index (χ3n) is 3.56. The number of amides is 1. The van der Waals surface area contributed by atoms with Crippen molar-refractivity contribution in [3.8, 4) is 0 Å². The topological polar surface area (TPSA) is 65.8 Å². The monoisotopic (exact) mass is 322 g/mol. The molecule has 5 nitrogen and oxygen atoms in total. The Balaban J connectivity index is 2.70. The van der Waals surface area contributed by atoms with Crippen LogP contribution in [0, 0.1) is 5.92 Å². The van der Waals surface area contributed by atoms with Crippen LogP contribution in [0.25, 0.3) is 0 Å². The fourth-order valence-corrected chi connectivity index (χ4v) is 2.49. The molecule has 1 saturated heterocycles. The van der Waals surface area contributed by atoms with E-state index in [2.05, 4.69) is 39.8 Å². The van der Waals surface area contributed by atoms with Gasteiger partial charge in [0.15, 0.2) is 0 Å². The zero-order valence-corrected chi connectivity index (χ0v) is 14.5. The second-order valence-corrected chi connectivity index (χ2v) is 5.91. The Morgan fingerprint density at radius 1 is 1.41 bits per heavy atom. The summed E-state index contributed by atoms with van der Waals surface area (Å²) in [6.07, 6.45) is 3.87. The van der Waals surface area contributed by atoms with Crippen molar-refractivity contribution in [3.63, 3.8) is 0 Å². The van der Waals surface area contributed by atoms with Crippen molar-refractivity contribution >= 4 is 30.5 Å². The summed E-state index contributed by atoms with van der Waals surface area (Å²) in [7, 11) is 0. The van der Waals surface area contributed by atoms with Crippen LogP contribution in [0.15, 0.2) is 32.9 Å². The molecule has 0 aromatic heterocycles. The Bertz CT molecular complexity index is 502. The first-order valence-corrected chi connectivity index (χ1v) is 8.02. The van der Waals surface area contributed by atoms with E-state index in [9.17, 15) is 4.79 Å². The van der Waals surface area contributed by atoms with E-state index in [0.717, 1.165) is 25.9 Å². The molecule has 0 atom stereocenters. The molecule has 0 aliphatic carbocycles. The Kier molecular flexibility index (Phi) is 8.12.